The number of halogens is 2. The Hall–Kier alpha value is -1.56. The van der Waals surface area contributed by atoms with Crippen LogP contribution in [0, 0.1) is 11.6 Å². The Labute approximate surface area is 113 Å². The first-order valence-electron chi connectivity index (χ1n) is 5.75. The highest BCUT2D eigenvalue weighted by Crippen LogP contribution is 2.23. The Bertz CT molecular complexity index is 550. The van der Waals surface area contributed by atoms with Gasteiger partial charge in [-0.05, 0) is 6.92 Å². The number of nitrogens with zero attached hydrogens (tertiary/aromatic N) is 2. The number of thioether (sulfide) groups is 1. The van der Waals surface area contributed by atoms with Gasteiger partial charge in [0.2, 0.25) is 0 Å². The molecule has 1 aliphatic rings. The predicted molar refractivity (Wildman–Crippen MR) is 70.9 cm³/mol. The lowest BCUT2D eigenvalue weighted by atomic mass is 10.2. The Morgan fingerprint density at radius 3 is 2.63 bits per heavy atom. The summed E-state index contributed by atoms with van der Waals surface area (Å²) in [6.07, 6.45) is 4.35. The van der Waals surface area contributed by atoms with Crippen molar-refractivity contribution in [2.75, 3.05) is 0 Å². The standard InChI is InChI=1S/C13H12F2N2OS/c1-8-4-9(18)2-3-13(17-8)19-7-10-11(14)5-16-6-12(10)15/h4-6H,2-3,7H2,1H3. The first-order valence-corrected chi connectivity index (χ1v) is 6.74. The first-order chi connectivity index (χ1) is 9.06. The van der Waals surface area contributed by atoms with Gasteiger partial charge >= 0.3 is 0 Å². The van der Waals surface area contributed by atoms with Gasteiger partial charge in [0.05, 0.1) is 17.4 Å². The summed E-state index contributed by atoms with van der Waals surface area (Å²) in [6.45, 7) is 1.73. The van der Waals surface area contributed by atoms with Crippen molar-refractivity contribution in [1.29, 1.82) is 0 Å². The van der Waals surface area contributed by atoms with Crippen LogP contribution in [0.5, 0.6) is 0 Å². The molecule has 0 spiro atoms. The average Bonchev–Trinajstić information content (AvgIpc) is 2.49. The van der Waals surface area contributed by atoms with Crippen LogP contribution in [0.4, 0.5) is 8.78 Å². The second-order valence-electron chi connectivity index (χ2n) is 4.13. The fourth-order valence-electron chi connectivity index (χ4n) is 1.66. The van der Waals surface area contributed by atoms with Crippen molar-refractivity contribution in [3.8, 4) is 0 Å². The number of pyridine rings is 1. The molecule has 0 fully saturated rings. The first kappa shape index (κ1) is 13.9. The Balaban J connectivity index is 2.07. The number of hydrogen-bond acceptors (Lipinski definition) is 4. The van der Waals surface area contributed by atoms with Crippen LogP contribution in [0.15, 0.2) is 29.2 Å². The maximum absolute atomic E-state index is 13.4. The topological polar surface area (TPSA) is 42.3 Å². The lowest BCUT2D eigenvalue weighted by Gasteiger charge is -2.06. The number of hydrogen-bond donors (Lipinski definition) is 0. The van der Waals surface area contributed by atoms with E-state index < -0.39 is 11.6 Å². The number of ketones is 1. The van der Waals surface area contributed by atoms with Crippen LogP contribution in [0.25, 0.3) is 0 Å². The van der Waals surface area contributed by atoms with Gasteiger partial charge in [0.1, 0.15) is 11.6 Å². The highest BCUT2D eigenvalue weighted by Gasteiger charge is 2.13. The van der Waals surface area contributed by atoms with E-state index >= 15 is 0 Å². The van der Waals surface area contributed by atoms with Crippen molar-refractivity contribution in [3.63, 3.8) is 0 Å². The van der Waals surface area contributed by atoms with Crippen LogP contribution in [0.3, 0.4) is 0 Å². The molecule has 0 saturated carbocycles. The van der Waals surface area contributed by atoms with Crippen molar-refractivity contribution in [2.45, 2.75) is 25.5 Å². The second-order valence-corrected chi connectivity index (χ2v) is 5.18. The minimum absolute atomic E-state index is 0.0140. The number of aromatic nitrogens is 1. The molecule has 1 aliphatic heterocycles. The van der Waals surface area contributed by atoms with Crippen molar-refractivity contribution >= 4 is 22.6 Å². The van der Waals surface area contributed by atoms with E-state index in [1.165, 1.54) is 17.8 Å². The summed E-state index contributed by atoms with van der Waals surface area (Å²) in [5.74, 6) is -1.16. The quantitative estimate of drug-likeness (QED) is 0.836. The monoisotopic (exact) mass is 282 g/mol. The Morgan fingerprint density at radius 2 is 1.95 bits per heavy atom. The van der Waals surface area contributed by atoms with Crippen LogP contribution in [-0.4, -0.2) is 15.8 Å². The molecule has 0 unspecified atom stereocenters. The van der Waals surface area contributed by atoms with Crippen LogP contribution in [-0.2, 0) is 10.5 Å². The molecule has 0 aliphatic carbocycles. The van der Waals surface area contributed by atoms with Crippen molar-refractivity contribution in [2.24, 2.45) is 4.99 Å². The third kappa shape index (κ3) is 3.70. The molecule has 0 radical (unpaired) electrons. The minimum Gasteiger partial charge on any atom is -0.295 e. The van der Waals surface area contributed by atoms with E-state index in [0.717, 1.165) is 17.4 Å². The SMILES string of the molecule is CC1=CC(=O)CCC(SCc2c(F)cncc2F)=N1. The summed E-state index contributed by atoms with van der Waals surface area (Å²) < 4.78 is 26.8. The van der Waals surface area contributed by atoms with E-state index in [-0.39, 0.29) is 17.1 Å². The van der Waals surface area contributed by atoms with Crippen LogP contribution < -0.4 is 0 Å². The van der Waals surface area contributed by atoms with Crippen LogP contribution >= 0.6 is 11.8 Å². The van der Waals surface area contributed by atoms with Crippen LogP contribution in [0.2, 0.25) is 0 Å². The van der Waals surface area contributed by atoms with E-state index in [9.17, 15) is 13.6 Å². The summed E-state index contributed by atoms with van der Waals surface area (Å²) in [6, 6.07) is 0. The molecule has 0 atom stereocenters. The molecule has 0 bridgehead atoms. The minimum atomic E-state index is -0.662. The number of rotatable bonds is 2. The Kier molecular flexibility index (Phi) is 4.42. The molecule has 1 aromatic rings. The molecule has 3 nitrogen and oxygen atoms in total. The lowest BCUT2D eigenvalue weighted by Crippen LogP contribution is -2.00. The second kappa shape index (κ2) is 6.06. The summed E-state index contributed by atoms with van der Waals surface area (Å²) >= 11 is 1.25. The molecular weight excluding hydrogens is 270 g/mol. The van der Waals surface area contributed by atoms with E-state index in [0.29, 0.717) is 18.5 Å². The van der Waals surface area contributed by atoms with Gasteiger partial charge in [-0.3, -0.25) is 14.8 Å². The smallest absolute Gasteiger partial charge is 0.157 e. The maximum Gasteiger partial charge on any atom is 0.157 e. The van der Waals surface area contributed by atoms with Crippen molar-refractivity contribution in [3.05, 3.63) is 41.4 Å². The number of allylic oxidation sites excluding steroid dienone is 2. The van der Waals surface area contributed by atoms with E-state index in [4.69, 9.17) is 0 Å². The van der Waals surface area contributed by atoms with Gasteiger partial charge in [-0.25, -0.2) is 8.78 Å². The number of carbonyl (C=O) groups is 1. The fourth-order valence-corrected chi connectivity index (χ4v) is 2.70. The zero-order valence-electron chi connectivity index (χ0n) is 10.3. The molecule has 100 valence electrons. The summed E-state index contributed by atoms with van der Waals surface area (Å²) in [4.78, 5) is 19.0. The molecule has 19 heavy (non-hydrogen) atoms. The Morgan fingerprint density at radius 1 is 1.26 bits per heavy atom. The van der Waals surface area contributed by atoms with Gasteiger partial charge < -0.3 is 0 Å². The van der Waals surface area contributed by atoms with Gasteiger partial charge in [0, 0.05) is 35.9 Å². The van der Waals surface area contributed by atoms with E-state index in [2.05, 4.69) is 9.98 Å². The zero-order valence-corrected chi connectivity index (χ0v) is 11.1. The summed E-state index contributed by atoms with van der Waals surface area (Å²) in [5, 5.41) is 0.718. The molecule has 6 heteroatoms. The predicted octanol–water partition coefficient (Wildman–Crippen LogP) is 3.26. The molecule has 0 amide bonds. The highest BCUT2D eigenvalue weighted by atomic mass is 32.2. The van der Waals surface area contributed by atoms with Gasteiger partial charge in [-0.2, -0.15) is 0 Å². The van der Waals surface area contributed by atoms with Gasteiger partial charge in [-0.15, -0.1) is 11.8 Å². The van der Waals surface area contributed by atoms with Crippen LogP contribution in [0.1, 0.15) is 25.3 Å². The van der Waals surface area contributed by atoms with E-state index in [1.54, 1.807) is 6.92 Å². The molecule has 0 aromatic carbocycles. The molecule has 2 heterocycles. The summed E-state index contributed by atoms with van der Waals surface area (Å²) in [5.41, 5.74) is 0.612. The molecule has 1 aromatic heterocycles. The summed E-state index contributed by atoms with van der Waals surface area (Å²) in [7, 11) is 0. The maximum atomic E-state index is 13.4. The van der Waals surface area contributed by atoms with Crippen molar-refractivity contribution < 1.29 is 13.6 Å². The largest absolute Gasteiger partial charge is 0.295 e. The molecule has 0 N–H and O–H groups in total. The molecular formula is C13H12F2N2OS. The van der Waals surface area contributed by atoms with Gasteiger partial charge in [-0.1, -0.05) is 0 Å². The van der Waals surface area contributed by atoms with Crippen molar-refractivity contribution in [1.82, 2.24) is 4.98 Å². The normalized spacial score (nSPS) is 15.8. The third-order valence-corrected chi connectivity index (χ3v) is 3.65. The van der Waals surface area contributed by atoms with Gasteiger partial charge in [0.15, 0.2) is 5.78 Å². The fraction of sp³-hybridized carbons (Fsp3) is 0.308. The third-order valence-electron chi connectivity index (χ3n) is 2.59. The van der Waals surface area contributed by atoms with Gasteiger partial charge in [0.25, 0.3) is 0 Å². The molecule has 2 rings (SSSR count). The number of aliphatic imine (C=N–C) groups is 1. The lowest BCUT2D eigenvalue weighted by molar-refractivity contribution is -0.114. The molecule has 0 saturated heterocycles. The van der Waals surface area contributed by atoms with E-state index in [1.807, 2.05) is 0 Å². The average molecular weight is 282 g/mol. The highest BCUT2D eigenvalue weighted by molar-refractivity contribution is 8.13. The number of carbonyl (C=O) groups excluding carboxylic acids is 1. The zero-order chi connectivity index (χ0) is 13.8.